The van der Waals surface area contributed by atoms with Crippen LogP contribution in [0.3, 0.4) is 0 Å². The van der Waals surface area contributed by atoms with Gasteiger partial charge in [0.15, 0.2) is 0 Å². The van der Waals surface area contributed by atoms with E-state index in [-0.39, 0.29) is 5.82 Å². The Balaban J connectivity index is 1.85. The molecule has 1 aromatic carbocycles. The van der Waals surface area contributed by atoms with Crippen LogP contribution in [0.5, 0.6) is 0 Å². The molecule has 0 fully saturated rings. The van der Waals surface area contributed by atoms with E-state index in [0.29, 0.717) is 18.4 Å². The van der Waals surface area contributed by atoms with Gasteiger partial charge in [-0.1, -0.05) is 29.8 Å². The molecule has 6 heteroatoms. The number of carbonyl (C=O) groups excluding carboxylic acids is 1. The lowest BCUT2D eigenvalue weighted by molar-refractivity contribution is 0.0990. The van der Waals surface area contributed by atoms with Crippen molar-refractivity contribution in [1.82, 2.24) is 14.8 Å². The Morgan fingerprint density at radius 2 is 2.16 bits per heavy atom. The molecule has 2 aromatic rings. The number of hydrogen-bond acceptors (Lipinski definition) is 4. The van der Waals surface area contributed by atoms with E-state index >= 15 is 0 Å². The van der Waals surface area contributed by atoms with Crippen LogP contribution in [0, 0.1) is 6.92 Å². The Kier molecular flexibility index (Phi) is 2.70. The number of anilines is 1. The number of carbonyl (C=O) groups is 1. The number of hydrogen-bond donors (Lipinski definition) is 2. The molecule has 6 nitrogen and oxygen atoms in total. The molecule has 0 aliphatic carbocycles. The molecule has 0 spiro atoms. The number of fused-ring (bicyclic) bond motifs is 1. The summed E-state index contributed by atoms with van der Waals surface area (Å²) in [6, 6.07) is 8.44. The summed E-state index contributed by atoms with van der Waals surface area (Å²) in [5.74, 6) is 0.385. The van der Waals surface area contributed by atoms with Crippen LogP contribution < -0.4 is 11.1 Å². The monoisotopic (exact) mass is 257 g/mol. The van der Waals surface area contributed by atoms with Crippen LogP contribution in [-0.4, -0.2) is 27.2 Å². The molecule has 19 heavy (non-hydrogen) atoms. The van der Waals surface area contributed by atoms with Gasteiger partial charge < -0.3 is 11.1 Å². The number of nitrogens with one attached hydrogen (secondary N) is 1. The van der Waals surface area contributed by atoms with Crippen molar-refractivity contribution < 1.29 is 4.79 Å². The largest absolute Gasteiger partial charge is 0.363 e. The molecule has 3 rings (SSSR count). The molecule has 98 valence electrons. The zero-order valence-electron chi connectivity index (χ0n) is 10.6. The van der Waals surface area contributed by atoms with Crippen molar-refractivity contribution in [3.05, 3.63) is 41.2 Å². The van der Waals surface area contributed by atoms with Crippen molar-refractivity contribution in [2.75, 3.05) is 11.9 Å². The topological polar surface area (TPSA) is 85.8 Å². The van der Waals surface area contributed by atoms with E-state index in [1.807, 2.05) is 0 Å². The van der Waals surface area contributed by atoms with Crippen molar-refractivity contribution in [3.63, 3.8) is 0 Å². The second-order valence-electron chi connectivity index (χ2n) is 4.79. The first-order valence-electron chi connectivity index (χ1n) is 6.18. The van der Waals surface area contributed by atoms with Gasteiger partial charge in [0.05, 0.1) is 6.54 Å². The van der Waals surface area contributed by atoms with Crippen LogP contribution in [0.4, 0.5) is 5.95 Å². The zero-order valence-corrected chi connectivity index (χ0v) is 10.6. The van der Waals surface area contributed by atoms with E-state index in [4.69, 9.17) is 5.73 Å². The lowest BCUT2D eigenvalue weighted by Gasteiger charge is -2.24. The molecule has 3 N–H and O–H groups in total. The molecule has 1 atom stereocenters. The predicted octanol–water partition coefficient (Wildman–Crippen LogP) is 0.895. The lowest BCUT2D eigenvalue weighted by Crippen LogP contribution is -2.26. The highest BCUT2D eigenvalue weighted by molar-refractivity contribution is 5.89. The summed E-state index contributed by atoms with van der Waals surface area (Å²) in [6.07, 6.45) is 0. The molecular weight excluding hydrogens is 242 g/mol. The van der Waals surface area contributed by atoms with Crippen LogP contribution in [0.15, 0.2) is 24.3 Å². The predicted molar refractivity (Wildman–Crippen MR) is 70.9 cm³/mol. The number of rotatable bonds is 2. The summed E-state index contributed by atoms with van der Waals surface area (Å²) in [5, 5.41) is 7.29. The van der Waals surface area contributed by atoms with E-state index in [2.05, 4.69) is 46.6 Å². The van der Waals surface area contributed by atoms with Gasteiger partial charge in [-0.15, -0.1) is 5.10 Å². The normalized spacial score (nSPS) is 17.6. The number of aromatic nitrogens is 3. The molecule has 1 amide bonds. The second-order valence-corrected chi connectivity index (χ2v) is 4.79. The quantitative estimate of drug-likeness (QED) is 0.836. The molecule has 1 aromatic heterocycles. The first-order chi connectivity index (χ1) is 9.13. The van der Waals surface area contributed by atoms with Crippen LogP contribution in [0.1, 0.15) is 27.7 Å². The minimum atomic E-state index is -0.601. The molecule has 0 radical (unpaired) electrons. The highest BCUT2D eigenvalue weighted by atomic mass is 16.1. The minimum absolute atomic E-state index is 0.0621. The van der Waals surface area contributed by atoms with Crippen LogP contribution in [0.2, 0.25) is 0 Å². The molecule has 1 aliphatic rings. The summed E-state index contributed by atoms with van der Waals surface area (Å²) in [6.45, 7) is 3.54. The summed E-state index contributed by atoms with van der Waals surface area (Å²) in [4.78, 5) is 15.1. The number of benzene rings is 1. The minimum Gasteiger partial charge on any atom is -0.363 e. The lowest BCUT2D eigenvalue weighted by atomic mass is 9.97. The maximum atomic E-state index is 11.1. The standard InChI is InChI=1S/C13H15N5O/c1-8-2-4-9(5-3-8)10-6-15-13-16-12(11(14)19)17-18(13)7-10/h2-5,10H,6-7H2,1H3,(H2,14,19)(H,15,16,17). The van der Waals surface area contributed by atoms with Crippen LogP contribution >= 0.6 is 0 Å². The Bertz CT molecular complexity index is 616. The molecule has 2 heterocycles. The molecular formula is C13H15N5O. The van der Waals surface area contributed by atoms with Gasteiger partial charge in [0.2, 0.25) is 11.8 Å². The Morgan fingerprint density at radius 1 is 1.42 bits per heavy atom. The van der Waals surface area contributed by atoms with E-state index in [1.165, 1.54) is 11.1 Å². The average molecular weight is 257 g/mol. The first-order valence-corrected chi connectivity index (χ1v) is 6.18. The SMILES string of the molecule is Cc1ccc(C2CNc3nc(C(N)=O)nn3C2)cc1. The van der Waals surface area contributed by atoms with Crippen LogP contribution in [-0.2, 0) is 6.54 Å². The van der Waals surface area contributed by atoms with Crippen molar-refractivity contribution >= 4 is 11.9 Å². The second kappa shape index (κ2) is 4.38. The average Bonchev–Trinajstić information content (AvgIpc) is 2.82. The number of aryl methyl sites for hydroxylation is 1. The van der Waals surface area contributed by atoms with Gasteiger partial charge in [-0.05, 0) is 12.5 Å². The first kappa shape index (κ1) is 11.7. The zero-order chi connectivity index (χ0) is 13.4. The third-order valence-corrected chi connectivity index (χ3v) is 3.34. The third-order valence-electron chi connectivity index (χ3n) is 3.34. The van der Waals surface area contributed by atoms with E-state index in [0.717, 1.165) is 6.54 Å². The van der Waals surface area contributed by atoms with Gasteiger partial charge in [-0.25, -0.2) is 4.68 Å². The fraction of sp³-hybridized carbons (Fsp3) is 0.308. The van der Waals surface area contributed by atoms with E-state index in [1.54, 1.807) is 4.68 Å². The Labute approximate surface area is 110 Å². The molecule has 0 saturated carbocycles. The van der Waals surface area contributed by atoms with E-state index in [9.17, 15) is 4.79 Å². The highest BCUT2D eigenvalue weighted by Gasteiger charge is 2.23. The van der Waals surface area contributed by atoms with Gasteiger partial charge in [0.25, 0.3) is 5.91 Å². The highest BCUT2D eigenvalue weighted by Crippen LogP contribution is 2.24. The number of nitrogens with zero attached hydrogens (tertiary/aromatic N) is 3. The summed E-state index contributed by atoms with van der Waals surface area (Å²) in [7, 11) is 0. The summed E-state index contributed by atoms with van der Waals surface area (Å²) < 4.78 is 1.70. The number of primary amides is 1. The van der Waals surface area contributed by atoms with Crippen molar-refractivity contribution in [1.29, 1.82) is 0 Å². The maximum Gasteiger partial charge on any atom is 0.288 e. The molecule has 0 saturated heterocycles. The van der Waals surface area contributed by atoms with Crippen molar-refractivity contribution in [2.24, 2.45) is 5.73 Å². The maximum absolute atomic E-state index is 11.1. The molecule has 0 bridgehead atoms. The van der Waals surface area contributed by atoms with Gasteiger partial charge in [-0.2, -0.15) is 4.98 Å². The fourth-order valence-corrected chi connectivity index (χ4v) is 2.25. The van der Waals surface area contributed by atoms with Gasteiger partial charge in [0.1, 0.15) is 0 Å². The smallest absolute Gasteiger partial charge is 0.288 e. The van der Waals surface area contributed by atoms with Crippen molar-refractivity contribution in [2.45, 2.75) is 19.4 Å². The van der Waals surface area contributed by atoms with Gasteiger partial charge in [-0.3, -0.25) is 4.79 Å². The Morgan fingerprint density at radius 3 is 2.84 bits per heavy atom. The number of amides is 1. The summed E-state index contributed by atoms with van der Waals surface area (Å²) >= 11 is 0. The number of nitrogens with two attached hydrogens (primary N) is 1. The Hall–Kier alpha value is -2.37. The molecule has 1 unspecified atom stereocenters. The van der Waals surface area contributed by atoms with Crippen molar-refractivity contribution in [3.8, 4) is 0 Å². The third kappa shape index (κ3) is 2.16. The molecule has 1 aliphatic heterocycles. The van der Waals surface area contributed by atoms with E-state index < -0.39 is 5.91 Å². The van der Waals surface area contributed by atoms with Crippen LogP contribution in [0.25, 0.3) is 0 Å². The fourth-order valence-electron chi connectivity index (χ4n) is 2.25. The van der Waals surface area contributed by atoms with Gasteiger partial charge in [0, 0.05) is 12.5 Å². The summed E-state index contributed by atoms with van der Waals surface area (Å²) in [5.41, 5.74) is 7.67. The van der Waals surface area contributed by atoms with Gasteiger partial charge >= 0.3 is 0 Å².